The summed E-state index contributed by atoms with van der Waals surface area (Å²) in [6.07, 6.45) is 0. The molecule has 0 amide bonds. The van der Waals surface area contributed by atoms with Crippen LogP contribution in [0, 0.1) is 6.92 Å². The molecule has 1 fully saturated rings. The van der Waals surface area contributed by atoms with Crippen LogP contribution < -0.4 is 10.5 Å². The second-order valence-electron chi connectivity index (χ2n) is 7.54. The van der Waals surface area contributed by atoms with E-state index in [0.29, 0.717) is 17.7 Å². The lowest BCUT2D eigenvalue weighted by atomic mass is 10.1. The van der Waals surface area contributed by atoms with Gasteiger partial charge in [-0.2, -0.15) is 0 Å². The third-order valence-electron chi connectivity index (χ3n) is 5.62. The van der Waals surface area contributed by atoms with Gasteiger partial charge in [0.1, 0.15) is 11.3 Å². The van der Waals surface area contributed by atoms with Crippen molar-refractivity contribution in [2.75, 3.05) is 31.1 Å². The van der Waals surface area contributed by atoms with Gasteiger partial charge in [0.2, 0.25) is 0 Å². The van der Waals surface area contributed by atoms with Crippen molar-refractivity contribution in [3.8, 4) is 5.75 Å². The second kappa shape index (κ2) is 7.72. The van der Waals surface area contributed by atoms with Gasteiger partial charge in [0.15, 0.2) is 5.78 Å². The number of ketones is 1. The van der Waals surface area contributed by atoms with Crippen LogP contribution in [0.1, 0.15) is 28.4 Å². The van der Waals surface area contributed by atoms with Crippen LogP contribution in [-0.4, -0.2) is 42.0 Å². The number of aryl methyl sites for hydroxylation is 1. The first kappa shape index (κ1) is 19.2. The highest BCUT2D eigenvalue weighted by Gasteiger charge is 2.19. The van der Waals surface area contributed by atoms with E-state index in [1.807, 2.05) is 30.3 Å². The minimum Gasteiger partial charge on any atom is -0.508 e. The van der Waals surface area contributed by atoms with Crippen molar-refractivity contribution >= 4 is 22.4 Å². The number of carbonyl (C=O) groups is 1. The number of fused-ring (bicyclic) bond motifs is 1. The van der Waals surface area contributed by atoms with Crippen molar-refractivity contribution in [3.63, 3.8) is 0 Å². The minimum absolute atomic E-state index is 0.0736. The minimum atomic E-state index is -0.398. The molecule has 0 spiro atoms. The van der Waals surface area contributed by atoms with Crippen LogP contribution >= 0.6 is 0 Å². The molecule has 0 bridgehead atoms. The summed E-state index contributed by atoms with van der Waals surface area (Å²) in [6, 6.07) is 12.7. The molecule has 2 heterocycles. The molecule has 1 N–H and O–H groups in total. The van der Waals surface area contributed by atoms with Crippen molar-refractivity contribution < 1.29 is 14.3 Å². The maximum absolute atomic E-state index is 12.0. The van der Waals surface area contributed by atoms with Gasteiger partial charge in [0.05, 0.1) is 0 Å². The first-order valence-corrected chi connectivity index (χ1v) is 9.76. The summed E-state index contributed by atoms with van der Waals surface area (Å²) in [7, 11) is 0. The molecule has 0 unspecified atom stereocenters. The molecule has 0 aliphatic carbocycles. The molecule has 0 radical (unpaired) electrons. The molecular weight excluding hydrogens is 368 g/mol. The number of rotatable bonds is 4. The molecule has 0 atom stereocenters. The van der Waals surface area contributed by atoms with Gasteiger partial charge in [0, 0.05) is 61.0 Å². The van der Waals surface area contributed by atoms with Crippen LogP contribution in [0.4, 0.5) is 5.69 Å². The number of anilines is 1. The topological polar surface area (TPSA) is 74.0 Å². The number of piperazine rings is 1. The number of phenols is 1. The Balaban J connectivity index is 1.48. The van der Waals surface area contributed by atoms with Gasteiger partial charge >= 0.3 is 5.63 Å². The summed E-state index contributed by atoms with van der Waals surface area (Å²) in [4.78, 5) is 28.1. The van der Waals surface area contributed by atoms with Crippen LogP contribution in [-0.2, 0) is 6.54 Å². The normalized spacial score (nSPS) is 15.0. The Hall–Kier alpha value is -3.12. The van der Waals surface area contributed by atoms with Crippen LogP contribution in [0.15, 0.2) is 51.7 Å². The summed E-state index contributed by atoms with van der Waals surface area (Å²) >= 11 is 0. The lowest BCUT2D eigenvalue weighted by Crippen LogP contribution is -2.46. The highest BCUT2D eigenvalue weighted by Crippen LogP contribution is 2.28. The largest absolute Gasteiger partial charge is 0.508 e. The van der Waals surface area contributed by atoms with Gasteiger partial charge in [-0.25, -0.2) is 4.79 Å². The number of hydrogen-bond acceptors (Lipinski definition) is 6. The molecule has 1 saturated heterocycles. The van der Waals surface area contributed by atoms with E-state index in [1.54, 1.807) is 26.0 Å². The fourth-order valence-electron chi connectivity index (χ4n) is 3.86. The van der Waals surface area contributed by atoms with Crippen LogP contribution in [0.5, 0.6) is 5.75 Å². The van der Waals surface area contributed by atoms with Gasteiger partial charge in [-0.1, -0.05) is 0 Å². The Kier molecular flexibility index (Phi) is 5.11. The van der Waals surface area contributed by atoms with E-state index in [9.17, 15) is 14.7 Å². The number of phenolic OH excluding ortho intramolecular Hbond substituents is 1. The molecule has 6 heteroatoms. The summed E-state index contributed by atoms with van der Waals surface area (Å²) in [6.45, 7) is 7.46. The summed E-state index contributed by atoms with van der Waals surface area (Å²) in [5.41, 5.74) is 3.40. The molecule has 150 valence electrons. The van der Waals surface area contributed by atoms with Crippen LogP contribution in [0.25, 0.3) is 11.0 Å². The maximum atomic E-state index is 12.0. The molecule has 1 aliphatic heterocycles. The Morgan fingerprint density at radius 3 is 2.41 bits per heavy atom. The zero-order valence-electron chi connectivity index (χ0n) is 16.6. The van der Waals surface area contributed by atoms with E-state index in [2.05, 4.69) is 9.80 Å². The standard InChI is InChI=1S/C23H24N2O4/c1-15-21(27)8-7-20-18(13-22(28)29-23(15)20)14-24-9-11-25(12-10-24)19-5-3-17(4-6-19)16(2)26/h3-8,13,27H,9-12,14H2,1-2H3. The Labute approximate surface area is 169 Å². The zero-order chi connectivity index (χ0) is 20.5. The number of hydrogen-bond donors (Lipinski definition) is 1. The third kappa shape index (κ3) is 3.89. The van der Waals surface area contributed by atoms with E-state index in [0.717, 1.165) is 48.4 Å². The van der Waals surface area contributed by atoms with Gasteiger partial charge in [-0.3, -0.25) is 9.69 Å². The Morgan fingerprint density at radius 1 is 1.07 bits per heavy atom. The fraction of sp³-hybridized carbons (Fsp3) is 0.304. The van der Waals surface area contributed by atoms with Crippen molar-refractivity contribution in [2.24, 2.45) is 0 Å². The summed E-state index contributed by atoms with van der Waals surface area (Å²) < 4.78 is 5.34. The monoisotopic (exact) mass is 392 g/mol. The zero-order valence-corrected chi connectivity index (χ0v) is 16.6. The summed E-state index contributed by atoms with van der Waals surface area (Å²) in [5, 5.41) is 10.8. The SMILES string of the molecule is CC(=O)c1ccc(N2CCN(Cc3cc(=O)oc4c(C)c(O)ccc34)CC2)cc1. The highest BCUT2D eigenvalue weighted by atomic mass is 16.4. The number of nitrogens with zero attached hydrogens (tertiary/aromatic N) is 2. The average molecular weight is 392 g/mol. The molecule has 29 heavy (non-hydrogen) atoms. The first-order valence-electron chi connectivity index (χ1n) is 9.76. The van der Waals surface area contributed by atoms with E-state index in [-0.39, 0.29) is 11.5 Å². The molecule has 6 nitrogen and oxygen atoms in total. The predicted octanol–water partition coefficient (Wildman–Crippen LogP) is 3.33. The second-order valence-corrected chi connectivity index (χ2v) is 7.54. The highest BCUT2D eigenvalue weighted by molar-refractivity contribution is 5.94. The quantitative estimate of drug-likeness (QED) is 0.542. The molecule has 0 saturated carbocycles. The Bertz CT molecular complexity index is 1110. The molecular formula is C23H24N2O4. The third-order valence-corrected chi connectivity index (χ3v) is 5.62. The number of Topliss-reactive ketones (excluding diaryl/α,β-unsaturated/α-hetero) is 1. The molecule has 1 aromatic heterocycles. The van der Waals surface area contributed by atoms with Gasteiger partial charge < -0.3 is 14.4 Å². The predicted molar refractivity (Wildman–Crippen MR) is 113 cm³/mol. The van der Waals surface area contributed by atoms with Gasteiger partial charge in [-0.05, 0) is 55.8 Å². The van der Waals surface area contributed by atoms with Gasteiger partial charge in [0.25, 0.3) is 0 Å². The first-order chi connectivity index (χ1) is 13.9. The maximum Gasteiger partial charge on any atom is 0.336 e. The van der Waals surface area contributed by atoms with Crippen molar-refractivity contribution in [1.29, 1.82) is 0 Å². The van der Waals surface area contributed by atoms with E-state index in [4.69, 9.17) is 4.42 Å². The van der Waals surface area contributed by atoms with Crippen molar-refractivity contribution in [1.82, 2.24) is 4.90 Å². The van der Waals surface area contributed by atoms with Crippen molar-refractivity contribution in [3.05, 3.63) is 69.6 Å². The Morgan fingerprint density at radius 2 is 1.76 bits per heavy atom. The van der Waals surface area contributed by atoms with Crippen molar-refractivity contribution in [2.45, 2.75) is 20.4 Å². The van der Waals surface area contributed by atoms with E-state index < -0.39 is 5.63 Å². The smallest absolute Gasteiger partial charge is 0.336 e. The van der Waals surface area contributed by atoms with E-state index in [1.165, 1.54) is 0 Å². The summed E-state index contributed by atoms with van der Waals surface area (Å²) in [5.74, 6) is 0.201. The lowest BCUT2D eigenvalue weighted by Gasteiger charge is -2.36. The molecule has 1 aliphatic rings. The number of aromatic hydroxyl groups is 1. The number of carbonyl (C=O) groups excluding carboxylic acids is 1. The molecule has 2 aromatic carbocycles. The fourth-order valence-corrected chi connectivity index (χ4v) is 3.86. The number of benzene rings is 2. The van der Waals surface area contributed by atoms with Crippen LogP contribution in [0.2, 0.25) is 0 Å². The van der Waals surface area contributed by atoms with Crippen LogP contribution in [0.3, 0.4) is 0 Å². The van der Waals surface area contributed by atoms with E-state index >= 15 is 0 Å². The van der Waals surface area contributed by atoms with Gasteiger partial charge in [-0.15, -0.1) is 0 Å². The molecule has 3 aromatic rings. The lowest BCUT2D eigenvalue weighted by molar-refractivity contribution is 0.101. The molecule has 4 rings (SSSR count). The average Bonchev–Trinajstić information content (AvgIpc) is 2.72.